The number of rotatable bonds is 3. The molecular weight excluding hydrogens is 324 g/mol. The summed E-state index contributed by atoms with van der Waals surface area (Å²) in [6.07, 6.45) is 5.12. The fourth-order valence-electron chi connectivity index (χ4n) is 2.85. The molecule has 120 valence electrons. The van der Waals surface area contributed by atoms with E-state index in [-0.39, 0.29) is 5.91 Å². The molecule has 0 saturated carbocycles. The number of likely N-dealkylation sites (tertiary alicyclic amines) is 1. The summed E-state index contributed by atoms with van der Waals surface area (Å²) < 4.78 is 1.64. The zero-order valence-electron chi connectivity index (χ0n) is 12.8. The number of nitrogens with zero attached hydrogens (tertiary/aromatic N) is 4. The fourth-order valence-corrected chi connectivity index (χ4v) is 2.98. The van der Waals surface area contributed by atoms with Crippen LogP contribution in [-0.2, 0) is 0 Å². The Labute approximate surface area is 144 Å². The number of halogens is 1. The number of benzene rings is 1. The summed E-state index contributed by atoms with van der Waals surface area (Å²) in [6, 6.07) is 13.2. The van der Waals surface area contributed by atoms with Crippen LogP contribution in [0.2, 0.25) is 5.02 Å². The summed E-state index contributed by atoms with van der Waals surface area (Å²) in [4.78, 5) is 18.7. The van der Waals surface area contributed by atoms with Gasteiger partial charge < -0.3 is 4.90 Å². The first kappa shape index (κ1) is 14.9. The van der Waals surface area contributed by atoms with E-state index in [1.54, 1.807) is 35.4 Å². The van der Waals surface area contributed by atoms with Gasteiger partial charge >= 0.3 is 0 Å². The molecule has 0 bridgehead atoms. The van der Waals surface area contributed by atoms with Crippen molar-refractivity contribution >= 4 is 17.5 Å². The van der Waals surface area contributed by atoms with Crippen LogP contribution in [0.4, 0.5) is 0 Å². The summed E-state index contributed by atoms with van der Waals surface area (Å²) in [5, 5.41) is 4.87. The molecule has 0 unspecified atom stereocenters. The molecule has 1 aromatic carbocycles. The third-order valence-corrected chi connectivity index (χ3v) is 4.49. The number of hydrogen-bond acceptors (Lipinski definition) is 3. The second-order valence-corrected chi connectivity index (χ2v) is 6.25. The molecule has 1 saturated heterocycles. The predicted molar refractivity (Wildman–Crippen MR) is 91.5 cm³/mol. The lowest BCUT2D eigenvalue weighted by Gasteiger charge is -2.39. The quantitative estimate of drug-likeness (QED) is 0.737. The number of pyridine rings is 1. The second-order valence-electron chi connectivity index (χ2n) is 5.81. The molecule has 2 aromatic heterocycles. The van der Waals surface area contributed by atoms with Crippen LogP contribution < -0.4 is 0 Å². The van der Waals surface area contributed by atoms with Gasteiger partial charge in [-0.15, -0.1) is 0 Å². The molecule has 0 N–H and O–H groups in total. The highest BCUT2D eigenvalue weighted by atomic mass is 35.5. The van der Waals surface area contributed by atoms with Crippen LogP contribution >= 0.6 is 11.6 Å². The molecular formula is C18H15ClN4O. The van der Waals surface area contributed by atoms with Gasteiger partial charge in [0, 0.05) is 48.2 Å². The van der Waals surface area contributed by atoms with Gasteiger partial charge in [0.2, 0.25) is 0 Å². The number of carbonyl (C=O) groups excluding carboxylic acids is 1. The van der Waals surface area contributed by atoms with Gasteiger partial charge in [-0.1, -0.05) is 23.7 Å². The van der Waals surface area contributed by atoms with Crippen molar-refractivity contribution in [1.82, 2.24) is 19.7 Å². The van der Waals surface area contributed by atoms with E-state index in [0.29, 0.717) is 17.3 Å². The SMILES string of the molecule is O=C(c1ccnc(-n2cccn2)c1)N1CC(c2ccc(Cl)cc2)C1. The topological polar surface area (TPSA) is 51.0 Å². The van der Waals surface area contributed by atoms with E-state index < -0.39 is 0 Å². The first-order valence-corrected chi connectivity index (χ1v) is 8.09. The standard InChI is InChI=1S/C18H15ClN4O/c19-16-4-2-13(3-5-16)15-11-22(12-15)18(24)14-6-8-20-17(10-14)23-9-1-7-21-23/h1-10,15H,11-12H2. The van der Waals surface area contributed by atoms with Crippen LogP contribution in [0, 0.1) is 0 Å². The molecule has 3 heterocycles. The van der Waals surface area contributed by atoms with Gasteiger partial charge in [-0.05, 0) is 35.9 Å². The monoisotopic (exact) mass is 338 g/mol. The van der Waals surface area contributed by atoms with E-state index in [1.165, 1.54) is 5.56 Å². The van der Waals surface area contributed by atoms with E-state index in [9.17, 15) is 4.79 Å². The molecule has 0 aliphatic carbocycles. The maximum absolute atomic E-state index is 12.6. The summed E-state index contributed by atoms with van der Waals surface area (Å²) >= 11 is 5.92. The molecule has 1 aliphatic heterocycles. The Bertz CT molecular complexity index is 855. The fraction of sp³-hybridized carbons (Fsp3) is 0.167. The van der Waals surface area contributed by atoms with Crippen molar-refractivity contribution in [3.8, 4) is 5.82 Å². The highest BCUT2D eigenvalue weighted by Gasteiger charge is 2.32. The summed E-state index contributed by atoms with van der Waals surface area (Å²) in [5.41, 5.74) is 1.85. The van der Waals surface area contributed by atoms with Crippen molar-refractivity contribution in [3.63, 3.8) is 0 Å². The Morgan fingerprint density at radius 1 is 1.12 bits per heavy atom. The van der Waals surface area contributed by atoms with Crippen LogP contribution in [0.15, 0.2) is 61.1 Å². The average Bonchev–Trinajstić information content (AvgIpc) is 3.10. The molecule has 4 rings (SSSR count). The largest absolute Gasteiger partial charge is 0.337 e. The minimum Gasteiger partial charge on any atom is -0.337 e. The van der Waals surface area contributed by atoms with Crippen molar-refractivity contribution in [3.05, 3.63) is 77.2 Å². The lowest BCUT2D eigenvalue weighted by Crippen LogP contribution is -2.48. The van der Waals surface area contributed by atoms with E-state index >= 15 is 0 Å². The van der Waals surface area contributed by atoms with Crippen molar-refractivity contribution < 1.29 is 4.79 Å². The molecule has 3 aromatic rings. The van der Waals surface area contributed by atoms with E-state index in [0.717, 1.165) is 18.1 Å². The van der Waals surface area contributed by atoms with Gasteiger partial charge in [0.05, 0.1) is 0 Å². The van der Waals surface area contributed by atoms with E-state index in [2.05, 4.69) is 10.1 Å². The molecule has 5 nitrogen and oxygen atoms in total. The predicted octanol–water partition coefficient (Wildman–Crippen LogP) is 3.16. The number of hydrogen-bond donors (Lipinski definition) is 0. The smallest absolute Gasteiger partial charge is 0.254 e. The Balaban J connectivity index is 1.46. The minimum atomic E-state index is 0.0241. The van der Waals surface area contributed by atoms with Gasteiger partial charge in [-0.2, -0.15) is 5.10 Å². The Hall–Kier alpha value is -2.66. The van der Waals surface area contributed by atoms with Crippen LogP contribution in [0.5, 0.6) is 0 Å². The molecule has 0 spiro atoms. The normalized spacial score (nSPS) is 14.5. The lowest BCUT2D eigenvalue weighted by molar-refractivity contribution is 0.0602. The first-order valence-electron chi connectivity index (χ1n) is 7.71. The molecule has 0 radical (unpaired) electrons. The second kappa shape index (κ2) is 6.09. The van der Waals surface area contributed by atoms with Gasteiger partial charge in [-0.3, -0.25) is 4.79 Å². The average molecular weight is 339 g/mol. The molecule has 1 fully saturated rings. The lowest BCUT2D eigenvalue weighted by atomic mass is 9.91. The minimum absolute atomic E-state index is 0.0241. The molecule has 24 heavy (non-hydrogen) atoms. The highest BCUT2D eigenvalue weighted by Crippen LogP contribution is 2.29. The van der Waals surface area contributed by atoms with E-state index in [4.69, 9.17) is 11.6 Å². The molecule has 0 atom stereocenters. The maximum Gasteiger partial charge on any atom is 0.254 e. The van der Waals surface area contributed by atoms with Crippen molar-refractivity contribution in [1.29, 1.82) is 0 Å². The Kier molecular flexibility index (Phi) is 3.78. The summed E-state index contributed by atoms with van der Waals surface area (Å²) in [6.45, 7) is 1.44. The number of carbonyl (C=O) groups is 1. The van der Waals surface area contributed by atoms with Gasteiger partial charge in [0.15, 0.2) is 5.82 Å². The molecule has 6 heteroatoms. The van der Waals surface area contributed by atoms with Crippen LogP contribution in [0.3, 0.4) is 0 Å². The maximum atomic E-state index is 12.6. The van der Waals surface area contributed by atoms with Crippen molar-refractivity contribution in [2.24, 2.45) is 0 Å². The van der Waals surface area contributed by atoms with Crippen molar-refractivity contribution in [2.75, 3.05) is 13.1 Å². The van der Waals surface area contributed by atoms with Crippen LogP contribution in [0.25, 0.3) is 5.82 Å². The number of aromatic nitrogens is 3. The summed E-state index contributed by atoms with van der Waals surface area (Å²) in [5.74, 6) is 1.04. The third-order valence-electron chi connectivity index (χ3n) is 4.24. The zero-order valence-corrected chi connectivity index (χ0v) is 13.6. The first-order chi connectivity index (χ1) is 11.7. The zero-order chi connectivity index (χ0) is 16.5. The van der Waals surface area contributed by atoms with Gasteiger partial charge in [0.1, 0.15) is 0 Å². The molecule has 1 amide bonds. The van der Waals surface area contributed by atoms with Gasteiger partial charge in [-0.25, -0.2) is 9.67 Å². The summed E-state index contributed by atoms with van der Waals surface area (Å²) in [7, 11) is 0. The van der Waals surface area contributed by atoms with Crippen LogP contribution in [0.1, 0.15) is 21.8 Å². The van der Waals surface area contributed by atoms with Crippen molar-refractivity contribution in [2.45, 2.75) is 5.92 Å². The van der Waals surface area contributed by atoms with E-state index in [1.807, 2.05) is 35.2 Å². The van der Waals surface area contributed by atoms with Crippen LogP contribution in [-0.4, -0.2) is 38.7 Å². The Morgan fingerprint density at radius 3 is 2.62 bits per heavy atom. The third kappa shape index (κ3) is 2.78. The van der Waals surface area contributed by atoms with Gasteiger partial charge in [0.25, 0.3) is 5.91 Å². The Morgan fingerprint density at radius 2 is 1.92 bits per heavy atom. The highest BCUT2D eigenvalue weighted by molar-refractivity contribution is 6.30. The number of amides is 1. The molecule has 1 aliphatic rings.